The molecular formula is C16H23NO3. The van der Waals surface area contributed by atoms with E-state index >= 15 is 0 Å². The van der Waals surface area contributed by atoms with Gasteiger partial charge in [-0.05, 0) is 43.9 Å². The maximum atomic E-state index is 11.6. The molecule has 110 valence electrons. The molecule has 1 aromatic carbocycles. The first-order chi connectivity index (χ1) is 9.66. The molecule has 2 rings (SSSR count). The first-order valence-electron chi connectivity index (χ1n) is 7.30. The molecule has 0 aliphatic heterocycles. The SMILES string of the molecule is Cc1cccc(OCCC(=O)NOC2CCCC2)c1C. The van der Waals surface area contributed by atoms with E-state index < -0.39 is 0 Å². The van der Waals surface area contributed by atoms with Gasteiger partial charge in [0.15, 0.2) is 0 Å². The second kappa shape index (κ2) is 7.29. The maximum absolute atomic E-state index is 11.6. The Balaban J connectivity index is 1.67. The minimum Gasteiger partial charge on any atom is -0.493 e. The van der Waals surface area contributed by atoms with Crippen molar-refractivity contribution in [1.82, 2.24) is 5.48 Å². The molecule has 1 aliphatic carbocycles. The van der Waals surface area contributed by atoms with Gasteiger partial charge in [0.25, 0.3) is 0 Å². The molecule has 1 N–H and O–H groups in total. The maximum Gasteiger partial charge on any atom is 0.246 e. The summed E-state index contributed by atoms with van der Waals surface area (Å²) >= 11 is 0. The predicted molar refractivity (Wildman–Crippen MR) is 77.5 cm³/mol. The van der Waals surface area contributed by atoms with Crippen molar-refractivity contribution >= 4 is 5.91 Å². The van der Waals surface area contributed by atoms with Gasteiger partial charge in [-0.2, -0.15) is 0 Å². The van der Waals surface area contributed by atoms with Gasteiger partial charge in [-0.3, -0.25) is 9.63 Å². The number of aryl methyl sites for hydroxylation is 1. The number of carbonyl (C=O) groups is 1. The van der Waals surface area contributed by atoms with Crippen LogP contribution in [-0.2, 0) is 9.63 Å². The van der Waals surface area contributed by atoms with Crippen molar-refractivity contribution in [3.05, 3.63) is 29.3 Å². The lowest BCUT2D eigenvalue weighted by Gasteiger charge is -2.13. The van der Waals surface area contributed by atoms with Crippen molar-refractivity contribution in [3.63, 3.8) is 0 Å². The number of carbonyl (C=O) groups excluding carboxylic acids is 1. The van der Waals surface area contributed by atoms with E-state index in [0.717, 1.165) is 24.2 Å². The Morgan fingerprint density at radius 2 is 2.05 bits per heavy atom. The van der Waals surface area contributed by atoms with E-state index in [1.807, 2.05) is 32.0 Å². The predicted octanol–water partition coefficient (Wildman–Crippen LogP) is 3.06. The Morgan fingerprint density at radius 1 is 1.30 bits per heavy atom. The van der Waals surface area contributed by atoms with Crippen LogP contribution in [0.4, 0.5) is 0 Å². The van der Waals surface area contributed by atoms with Gasteiger partial charge in [-0.15, -0.1) is 0 Å². The Morgan fingerprint density at radius 3 is 2.80 bits per heavy atom. The number of amides is 1. The number of hydrogen-bond donors (Lipinski definition) is 1. The summed E-state index contributed by atoms with van der Waals surface area (Å²) in [5, 5.41) is 0. The van der Waals surface area contributed by atoms with Gasteiger partial charge < -0.3 is 4.74 Å². The van der Waals surface area contributed by atoms with Crippen molar-refractivity contribution in [3.8, 4) is 5.75 Å². The summed E-state index contributed by atoms with van der Waals surface area (Å²) < 4.78 is 5.64. The van der Waals surface area contributed by atoms with Crippen LogP contribution in [0, 0.1) is 13.8 Å². The third-order valence-electron chi connectivity index (χ3n) is 3.78. The van der Waals surface area contributed by atoms with Crippen molar-refractivity contribution in [2.75, 3.05) is 6.61 Å². The van der Waals surface area contributed by atoms with E-state index in [4.69, 9.17) is 9.57 Å². The molecule has 4 nitrogen and oxygen atoms in total. The van der Waals surface area contributed by atoms with Gasteiger partial charge in [-0.25, -0.2) is 5.48 Å². The molecule has 1 aromatic rings. The summed E-state index contributed by atoms with van der Waals surface area (Å²) in [6.45, 7) is 4.43. The van der Waals surface area contributed by atoms with Gasteiger partial charge in [0.05, 0.1) is 19.1 Å². The molecule has 0 aromatic heterocycles. The molecule has 0 atom stereocenters. The summed E-state index contributed by atoms with van der Waals surface area (Å²) in [6, 6.07) is 5.93. The minimum absolute atomic E-state index is 0.123. The van der Waals surface area contributed by atoms with Crippen LogP contribution in [0.25, 0.3) is 0 Å². The van der Waals surface area contributed by atoms with Crippen LogP contribution in [0.3, 0.4) is 0 Å². The van der Waals surface area contributed by atoms with Crippen LogP contribution in [0.15, 0.2) is 18.2 Å². The largest absolute Gasteiger partial charge is 0.493 e. The Labute approximate surface area is 120 Å². The molecule has 1 fully saturated rings. The van der Waals surface area contributed by atoms with Crippen LogP contribution < -0.4 is 10.2 Å². The molecule has 1 amide bonds. The lowest BCUT2D eigenvalue weighted by Crippen LogP contribution is -2.29. The van der Waals surface area contributed by atoms with Crippen LogP contribution in [0.5, 0.6) is 5.75 Å². The topological polar surface area (TPSA) is 47.6 Å². The van der Waals surface area contributed by atoms with E-state index in [0.29, 0.717) is 13.0 Å². The Bertz CT molecular complexity index is 453. The van der Waals surface area contributed by atoms with Crippen LogP contribution in [-0.4, -0.2) is 18.6 Å². The molecule has 20 heavy (non-hydrogen) atoms. The van der Waals surface area contributed by atoms with Crippen LogP contribution in [0.2, 0.25) is 0 Å². The summed E-state index contributed by atoms with van der Waals surface area (Å²) in [6.07, 6.45) is 4.96. The minimum atomic E-state index is -0.123. The molecule has 4 heteroatoms. The van der Waals surface area contributed by atoms with E-state index in [9.17, 15) is 4.79 Å². The number of nitrogens with one attached hydrogen (secondary N) is 1. The fourth-order valence-electron chi connectivity index (χ4n) is 2.34. The van der Waals surface area contributed by atoms with Crippen molar-refractivity contribution in [2.45, 2.75) is 52.1 Å². The third-order valence-corrected chi connectivity index (χ3v) is 3.78. The van der Waals surface area contributed by atoms with E-state index in [1.54, 1.807) is 0 Å². The highest BCUT2D eigenvalue weighted by molar-refractivity contribution is 5.74. The fraction of sp³-hybridized carbons (Fsp3) is 0.562. The monoisotopic (exact) mass is 277 g/mol. The first kappa shape index (κ1) is 14.9. The average molecular weight is 277 g/mol. The normalized spacial score (nSPS) is 15.3. The smallest absolute Gasteiger partial charge is 0.246 e. The van der Waals surface area contributed by atoms with Gasteiger partial charge >= 0.3 is 0 Å². The Hall–Kier alpha value is -1.55. The van der Waals surface area contributed by atoms with Gasteiger partial charge in [0.1, 0.15) is 5.75 Å². The lowest BCUT2D eigenvalue weighted by atomic mass is 10.1. The Kier molecular flexibility index (Phi) is 5.41. The van der Waals surface area contributed by atoms with Crippen molar-refractivity contribution in [2.24, 2.45) is 0 Å². The standard InChI is InChI=1S/C16H23NO3/c1-12-6-5-9-15(13(12)2)19-11-10-16(18)17-20-14-7-3-4-8-14/h5-6,9,14H,3-4,7-8,10-11H2,1-2H3,(H,17,18). The second-order valence-electron chi connectivity index (χ2n) is 5.35. The fourth-order valence-corrected chi connectivity index (χ4v) is 2.34. The van der Waals surface area contributed by atoms with Gasteiger partial charge in [0.2, 0.25) is 5.91 Å². The lowest BCUT2D eigenvalue weighted by molar-refractivity contribution is -0.138. The van der Waals surface area contributed by atoms with E-state index in [-0.39, 0.29) is 12.0 Å². The number of hydroxylamine groups is 1. The average Bonchev–Trinajstić information content (AvgIpc) is 2.94. The highest BCUT2D eigenvalue weighted by Crippen LogP contribution is 2.21. The highest BCUT2D eigenvalue weighted by Gasteiger charge is 2.16. The molecule has 0 unspecified atom stereocenters. The van der Waals surface area contributed by atoms with Crippen LogP contribution >= 0.6 is 0 Å². The molecular weight excluding hydrogens is 254 g/mol. The highest BCUT2D eigenvalue weighted by atomic mass is 16.7. The van der Waals surface area contributed by atoms with Gasteiger partial charge in [0, 0.05) is 0 Å². The molecule has 0 bridgehead atoms. The summed E-state index contributed by atoms with van der Waals surface area (Å²) in [4.78, 5) is 17.0. The molecule has 1 aliphatic rings. The van der Waals surface area contributed by atoms with Gasteiger partial charge in [-0.1, -0.05) is 25.0 Å². The first-order valence-corrected chi connectivity index (χ1v) is 7.30. The number of hydrogen-bond acceptors (Lipinski definition) is 3. The zero-order chi connectivity index (χ0) is 14.4. The van der Waals surface area contributed by atoms with E-state index in [1.165, 1.54) is 18.4 Å². The molecule has 1 saturated carbocycles. The summed E-state index contributed by atoms with van der Waals surface area (Å²) in [5.41, 5.74) is 4.83. The second-order valence-corrected chi connectivity index (χ2v) is 5.35. The molecule has 0 radical (unpaired) electrons. The zero-order valence-corrected chi connectivity index (χ0v) is 12.3. The number of benzene rings is 1. The van der Waals surface area contributed by atoms with Crippen molar-refractivity contribution < 1.29 is 14.4 Å². The number of ether oxygens (including phenoxy) is 1. The van der Waals surface area contributed by atoms with Crippen LogP contribution in [0.1, 0.15) is 43.2 Å². The molecule has 0 saturated heterocycles. The molecule has 0 spiro atoms. The summed E-state index contributed by atoms with van der Waals surface area (Å²) in [5.74, 6) is 0.719. The third kappa shape index (κ3) is 4.23. The van der Waals surface area contributed by atoms with Crippen molar-refractivity contribution in [1.29, 1.82) is 0 Å². The molecule has 0 heterocycles. The summed E-state index contributed by atoms with van der Waals surface area (Å²) in [7, 11) is 0. The zero-order valence-electron chi connectivity index (χ0n) is 12.3. The van der Waals surface area contributed by atoms with E-state index in [2.05, 4.69) is 5.48 Å². The quantitative estimate of drug-likeness (QED) is 0.813. The number of rotatable bonds is 6.